The number of ether oxygens (including phenoxy) is 1. The van der Waals surface area contributed by atoms with Gasteiger partial charge in [0, 0.05) is 19.1 Å². The summed E-state index contributed by atoms with van der Waals surface area (Å²) >= 11 is 0. The van der Waals surface area contributed by atoms with E-state index in [1.54, 1.807) is 0 Å². The molecule has 0 aromatic heterocycles. The Morgan fingerprint density at radius 3 is 2.61 bits per heavy atom. The van der Waals surface area contributed by atoms with Crippen LogP contribution in [0.3, 0.4) is 0 Å². The third-order valence-corrected chi connectivity index (χ3v) is 3.50. The zero-order valence-corrected chi connectivity index (χ0v) is 12.1. The van der Waals surface area contributed by atoms with E-state index in [4.69, 9.17) is 4.74 Å². The summed E-state index contributed by atoms with van der Waals surface area (Å²) in [6.45, 7) is 5.86. The van der Waals surface area contributed by atoms with Crippen molar-refractivity contribution in [1.29, 1.82) is 0 Å². The summed E-state index contributed by atoms with van der Waals surface area (Å²) in [6.07, 6.45) is 1.02. The smallest absolute Gasteiger partial charge is 0.229 e. The number of carbonyl (C=O) groups excluding carboxylic acids is 1. The van der Waals surface area contributed by atoms with Crippen molar-refractivity contribution in [3.05, 3.63) is 0 Å². The number of nitrogens with one attached hydrogen (secondary N) is 1. The first-order chi connectivity index (χ1) is 8.60. The average Bonchev–Trinajstić information content (AvgIpc) is 2.81. The van der Waals surface area contributed by atoms with Crippen molar-refractivity contribution >= 4 is 5.91 Å². The van der Waals surface area contributed by atoms with Crippen LogP contribution in [0.25, 0.3) is 0 Å². The highest BCUT2D eigenvalue weighted by Gasteiger charge is 2.35. The predicted molar refractivity (Wildman–Crippen MR) is 72.6 cm³/mol. The van der Waals surface area contributed by atoms with Crippen molar-refractivity contribution in [2.45, 2.75) is 19.4 Å². The summed E-state index contributed by atoms with van der Waals surface area (Å²) in [5.41, 5.74) is 0. The molecule has 2 atom stereocenters. The molecule has 5 nitrogen and oxygen atoms in total. The Labute approximate surface area is 110 Å². The van der Waals surface area contributed by atoms with Gasteiger partial charge in [0.1, 0.15) is 0 Å². The fraction of sp³-hybridized carbons (Fsp3) is 0.923. The number of nitrogens with zero attached hydrogens (tertiary/aromatic N) is 2. The summed E-state index contributed by atoms with van der Waals surface area (Å²) < 4.78 is 5.40. The Kier molecular flexibility index (Phi) is 6.60. The summed E-state index contributed by atoms with van der Waals surface area (Å²) in [5, 5.41) is 3.17. The van der Waals surface area contributed by atoms with Crippen LogP contribution in [0.5, 0.6) is 0 Å². The van der Waals surface area contributed by atoms with Crippen molar-refractivity contribution in [3.63, 3.8) is 0 Å². The molecule has 1 heterocycles. The first-order valence-electron chi connectivity index (χ1n) is 6.78. The lowest BCUT2D eigenvalue weighted by atomic mass is 10.0. The highest BCUT2D eigenvalue weighted by atomic mass is 16.5. The van der Waals surface area contributed by atoms with Crippen molar-refractivity contribution < 1.29 is 9.53 Å². The minimum absolute atomic E-state index is 0.0192. The third-order valence-electron chi connectivity index (χ3n) is 3.50. The predicted octanol–water partition coefficient (Wildman–Crippen LogP) is 0.0210. The van der Waals surface area contributed by atoms with Crippen LogP contribution in [0.15, 0.2) is 0 Å². The van der Waals surface area contributed by atoms with Crippen LogP contribution in [-0.2, 0) is 9.53 Å². The second-order valence-corrected chi connectivity index (χ2v) is 5.11. The van der Waals surface area contributed by atoms with E-state index in [1.807, 2.05) is 18.9 Å². The first kappa shape index (κ1) is 15.4. The SMILES string of the molecule is CCN(CCCN(C)C)C(=O)C1COCC1NC. The van der Waals surface area contributed by atoms with Gasteiger partial charge >= 0.3 is 0 Å². The molecular formula is C13H27N3O2. The first-order valence-corrected chi connectivity index (χ1v) is 6.78. The molecule has 0 aromatic rings. The van der Waals surface area contributed by atoms with E-state index >= 15 is 0 Å². The number of likely N-dealkylation sites (N-methyl/N-ethyl adjacent to an activating group) is 1. The number of amides is 1. The minimum Gasteiger partial charge on any atom is -0.379 e. The van der Waals surface area contributed by atoms with Gasteiger partial charge in [-0.2, -0.15) is 0 Å². The molecule has 1 fully saturated rings. The summed E-state index contributed by atoms with van der Waals surface area (Å²) in [5.74, 6) is 0.211. The Morgan fingerprint density at radius 1 is 1.33 bits per heavy atom. The molecule has 0 bridgehead atoms. The maximum atomic E-state index is 12.4. The minimum atomic E-state index is -0.0192. The van der Waals surface area contributed by atoms with Crippen LogP contribution in [0, 0.1) is 5.92 Å². The molecule has 106 valence electrons. The van der Waals surface area contributed by atoms with Gasteiger partial charge in [-0.15, -0.1) is 0 Å². The summed E-state index contributed by atoms with van der Waals surface area (Å²) in [6, 6.07) is 0.167. The van der Waals surface area contributed by atoms with Crippen LogP contribution in [0.4, 0.5) is 0 Å². The van der Waals surface area contributed by atoms with Crippen LogP contribution >= 0.6 is 0 Å². The molecule has 0 radical (unpaired) electrons. The summed E-state index contributed by atoms with van der Waals surface area (Å²) in [7, 11) is 6.00. The lowest BCUT2D eigenvalue weighted by Crippen LogP contribution is -2.45. The molecule has 0 saturated carbocycles. The number of rotatable bonds is 7. The molecule has 1 N–H and O–H groups in total. The highest BCUT2D eigenvalue weighted by Crippen LogP contribution is 2.16. The molecule has 1 amide bonds. The van der Waals surface area contributed by atoms with E-state index in [-0.39, 0.29) is 17.9 Å². The van der Waals surface area contributed by atoms with Crippen LogP contribution < -0.4 is 5.32 Å². The molecule has 1 saturated heterocycles. The molecule has 0 aliphatic carbocycles. The molecular weight excluding hydrogens is 230 g/mol. The lowest BCUT2D eigenvalue weighted by Gasteiger charge is -2.26. The van der Waals surface area contributed by atoms with Gasteiger partial charge in [0.15, 0.2) is 0 Å². The van der Waals surface area contributed by atoms with Crippen molar-refractivity contribution in [2.24, 2.45) is 5.92 Å². The van der Waals surface area contributed by atoms with Crippen molar-refractivity contribution in [2.75, 3.05) is 54.0 Å². The molecule has 1 aliphatic heterocycles. The molecule has 0 spiro atoms. The van der Waals surface area contributed by atoms with E-state index in [0.717, 1.165) is 26.1 Å². The zero-order chi connectivity index (χ0) is 13.5. The molecule has 2 unspecified atom stereocenters. The Morgan fingerprint density at radius 2 is 2.06 bits per heavy atom. The van der Waals surface area contributed by atoms with Gasteiger partial charge in [0.25, 0.3) is 0 Å². The Bertz CT molecular complexity index is 259. The van der Waals surface area contributed by atoms with E-state index in [1.165, 1.54) is 0 Å². The summed E-state index contributed by atoms with van der Waals surface area (Å²) in [4.78, 5) is 16.5. The zero-order valence-electron chi connectivity index (χ0n) is 12.1. The number of hydrogen-bond donors (Lipinski definition) is 1. The fourth-order valence-electron chi connectivity index (χ4n) is 2.32. The van der Waals surface area contributed by atoms with E-state index < -0.39 is 0 Å². The van der Waals surface area contributed by atoms with Crippen LogP contribution in [0.2, 0.25) is 0 Å². The molecule has 18 heavy (non-hydrogen) atoms. The van der Waals surface area contributed by atoms with Crippen LogP contribution in [0.1, 0.15) is 13.3 Å². The van der Waals surface area contributed by atoms with Gasteiger partial charge in [0.2, 0.25) is 5.91 Å². The van der Waals surface area contributed by atoms with Gasteiger partial charge < -0.3 is 19.9 Å². The quantitative estimate of drug-likeness (QED) is 0.698. The lowest BCUT2D eigenvalue weighted by molar-refractivity contribution is -0.135. The molecule has 5 heteroatoms. The van der Waals surface area contributed by atoms with Gasteiger partial charge in [-0.05, 0) is 41.0 Å². The maximum absolute atomic E-state index is 12.4. The van der Waals surface area contributed by atoms with Gasteiger partial charge in [-0.25, -0.2) is 0 Å². The average molecular weight is 257 g/mol. The molecule has 1 aliphatic rings. The van der Waals surface area contributed by atoms with E-state index in [0.29, 0.717) is 13.2 Å². The largest absolute Gasteiger partial charge is 0.379 e. The second-order valence-electron chi connectivity index (χ2n) is 5.11. The van der Waals surface area contributed by atoms with Gasteiger partial charge in [0.05, 0.1) is 19.1 Å². The van der Waals surface area contributed by atoms with E-state index in [9.17, 15) is 4.79 Å². The number of carbonyl (C=O) groups is 1. The van der Waals surface area contributed by atoms with E-state index in [2.05, 4.69) is 24.3 Å². The van der Waals surface area contributed by atoms with Gasteiger partial charge in [-0.3, -0.25) is 4.79 Å². The number of hydrogen-bond acceptors (Lipinski definition) is 4. The topological polar surface area (TPSA) is 44.8 Å². The molecule has 0 aromatic carbocycles. The fourth-order valence-corrected chi connectivity index (χ4v) is 2.32. The van der Waals surface area contributed by atoms with Crippen LogP contribution in [-0.4, -0.2) is 75.7 Å². The monoisotopic (exact) mass is 257 g/mol. The van der Waals surface area contributed by atoms with Gasteiger partial charge in [-0.1, -0.05) is 0 Å². The Hall–Kier alpha value is -0.650. The van der Waals surface area contributed by atoms with Crippen molar-refractivity contribution in [1.82, 2.24) is 15.1 Å². The second kappa shape index (κ2) is 7.71. The molecule has 1 rings (SSSR count). The Balaban J connectivity index is 2.45. The maximum Gasteiger partial charge on any atom is 0.229 e. The third kappa shape index (κ3) is 4.23. The normalized spacial score (nSPS) is 23.6. The van der Waals surface area contributed by atoms with Crippen molar-refractivity contribution in [3.8, 4) is 0 Å². The highest BCUT2D eigenvalue weighted by molar-refractivity contribution is 5.80. The standard InChI is InChI=1S/C13H27N3O2/c1-5-16(8-6-7-15(3)4)13(17)11-9-18-10-12(11)14-2/h11-12,14H,5-10H2,1-4H3.